The average Bonchev–Trinajstić information content (AvgIpc) is 2.77. The fourth-order valence-electron chi connectivity index (χ4n) is 3.44. The number of benzene rings is 1. The molecule has 158 valence electrons. The van der Waals surface area contributed by atoms with Gasteiger partial charge in [-0.3, -0.25) is 18.8 Å². The lowest BCUT2D eigenvalue weighted by Crippen LogP contribution is -2.45. The smallest absolute Gasteiger partial charge is 0.332 e. The van der Waals surface area contributed by atoms with Crippen molar-refractivity contribution in [3.05, 3.63) is 45.1 Å². The number of hydrogen-bond acceptors (Lipinski definition) is 8. The number of rotatable bonds is 5. The molecule has 3 aromatic rings. The van der Waals surface area contributed by atoms with Crippen molar-refractivity contribution < 1.29 is 4.74 Å². The zero-order valence-electron chi connectivity index (χ0n) is 17.4. The quantitative estimate of drug-likeness (QED) is 0.565. The van der Waals surface area contributed by atoms with Crippen LogP contribution in [0.5, 0.6) is 5.75 Å². The predicted octanol–water partition coefficient (Wildman–Crippen LogP) is -0.285. The van der Waals surface area contributed by atoms with E-state index >= 15 is 0 Å². The standard InChI is InChI=1S/C20H25N7O3/c1-24-8-10-27(11-9-24)12-13-30-15-6-4-14(5-7-15)17-21-16-18(23-22-17)25(2)20(29)26(3)19(16)28/h4-7H,8-13H2,1-3H3. The average molecular weight is 411 g/mol. The third-order valence-corrected chi connectivity index (χ3v) is 5.45. The summed E-state index contributed by atoms with van der Waals surface area (Å²) in [6.07, 6.45) is 0. The predicted molar refractivity (Wildman–Crippen MR) is 113 cm³/mol. The van der Waals surface area contributed by atoms with Crippen LogP contribution in [0.1, 0.15) is 0 Å². The van der Waals surface area contributed by atoms with E-state index in [1.807, 2.05) is 24.3 Å². The van der Waals surface area contributed by atoms with E-state index < -0.39 is 11.2 Å². The van der Waals surface area contributed by atoms with Crippen molar-refractivity contribution in [1.82, 2.24) is 34.1 Å². The van der Waals surface area contributed by atoms with Gasteiger partial charge in [-0.05, 0) is 31.3 Å². The van der Waals surface area contributed by atoms with Crippen molar-refractivity contribution in [3.8, 4) is 17.1 Å². The topological polar surface area (TPSA) is 98.4 Å². The van der Waals surface area contributed by atoms with Crippen LogP contribution in [0.15, 0.2) is 33.9 Å². The molecule has 0 spiro atoms. The minimum absolute atomic E-state index is 0.108. The lowest BCUT2D eigenvalue weighted by Gasteiger charge is -2.32. The summed E-state index contributed by atoms with van der Waals surface area (Å²) < 4.78 is 8.13. The third-order valence-electron chi connectivity index (χ3n) is 5.45. The molecule has 1 aliphatic rings. The lowest BCUT2D eigenvalue weighted by molar-refractivity contribution is 0.134. The molecule has 1 fully saturated rings. The highest BCUT2D eigenvalue weighted by Gasteiger charge is 2.15. The van der Waals surface area contributed by atoms with Gasteiger partial charge in [-0.2, -0.15) is 0 Å². The van der Waals surface area contributed by atoms with E-state index in [9.17, 15) is 9.59 Å². The molecule has 1 aliphatic heterocycles. The van der Waals surface area contributed by atoms with E-state index in [1.165, 1.54) is 18.7 Å². The lowest BCUT2D eigenvalue weighted by atomic mass is 10.2. The van der Waals surface area contributed by atoms with Crippen molar-refractivity contribution >= 4 is 11.2 Å². The highest BCUT2D eigenvalue weighted by Crippen LogP contribution is 2.19. The number of fused-ring (bicyclic) bond motifs is 1. The van der Waals surface area contributed by atoms with Crippen LogP contribution in [0.2, 0.25) is 0 Å². The first-order chi connectivity index (χ1) is 14.4. The van der Waals surface area contributed by atoms with Gasteiger partial charge in [-0.25, -0.2) is 9.78 Å². The van der Waals surface area contributed by atoms with Gasteiger partial charge in [0, 0.05) is 52.4 Å². The fraction of sp³-hybridized carbons (Fsp3) is 0.450. The van der Waals surface area contributed by atoms with E-state index in [-0.39, 0.29) is 11.2 Å². The Balaban J connectivity index is 1.47. The molecular formula is C20H25N7O3. The molecule has 1 aromatic carbocycles. The van der Waals surface area contributed by atoms with Gasteiger partial charge < -0.3 is 9.64 Å². The minimum Gasteiger partial charge on any atom is -0.492 e. The summed E-state index contributed by atoms with van der Waals surface area (Å²) in [6.45, 7) is 5.83. The second-order valence-corrected chi connectivity index (χ2v) is 7.53. The maximum Gasteiger partial charge on any atom is 0.332 e. The van der Waals surface area contributed by atoms with E-state index in [0.717, 1.165) is 43.0 Å². The second kappa shape index (κ2) is 8.33. The molecule has 0 N–H and O–H groups in total. The van der Waals surface area contributed by atoms with Gasteiger partial charge in [-0.15, -0.1) is 10.2 Å². The maximum atomic E-state index is 12.4. The van der Waals surface area contributed by atoms with Crippen molar-refractivity contribution in [2.45, 2.75) is 0 Å². The van der Waals surface area contributed by atoms with E-state index in [0.29, 0.717) is 18.0 Å². The van der Waals surface area contributed by atoms with Crippen LogP contribution >= 0.6 is 0 Å². The monoisotopic (exact) mass is 411 g/mol. The molecule has 0 saturated carbocycles. The molecule has 10 nitrogen and oxygen atoms in total. The van der Waals surface area contributed by atoms with Crippen molar-refractivity contribution in [2.24, 2.45) is 14.1 Å². The van der Waals surface area contributed by atoms with Crippen molar-refractivity contribution in [3.63, 3.8) is 0 Å². The first-order valence-electron chi connectivity index (χ1n) is 9.88. The molecule has 4 rings (SSSR count). The minimum atomic E-state index is -0.492. The van der Waals surface area contributed by atoms with Crippen LogP contribution in [0.3, 0.4) is 0 Å². The number of ether oxygens (including phenoxy) is 1. The van der Waals surface area contributed by atoms with Gasteiger partial charge in [0.25, 0.3) is 5.56 Å². The van der Waals surface area contributed by atoms with Crippen molar-refractivity contribution in [1.29, 1.82) is 0 Å². The summed E-state index contributed by atoms with van der Waals surface area (Å²) in [6, 6.07) is 7.37. The number of piperazine rings is 1. The second-order valence-electron chi connectivity index (χ2n) is 7.53. The largest absolute Gasteiger partial charge is 0.492 e. The summed E-state index contributed by atoms with van der Waals surface area (Å²) in [7, 11) is 5.09. The summed E-state index contributed by atoms with van der Waals surface area (Å²) in [5.74, 6) is 1.09. The molecule has 30 heavy (non-hydrogen) atoms. The Morgan fingerprint density at radius 3 is 2.33 bits per heavy atom. The van der Waals surface area contributed by atoms with Gasteiger partial charge in [0.05, 0.1) is 0 Å². The van der Waals surface area contributed by atoms with Crippen LogP contribution in [0, 0.1) is 0 Å². The van der Waals surface area contributed by atoms with Gasteiger partial charge in [0.2, 0.25) is 0 Å². The van der Waals surface area contributed by atoms with Crippen LogP contribution in [0.25, 0.3) is 22.6 Å². The van der Waals surface area contributed by atoms with Crippen LogP contribution in [-0.4, -0.2) is 80.5 Å². The number of nitrogens with zero attached hydrogens (tertiary/aromatic N) is 7. The molecule has 2 aromatic heterocycles. The van der Waals surface area contributed by atoms with Crippen molar-refractivity contribution in [2.75, 3.05) is 46.4 Å². The third kappa shape index (κ3) is 3.96. The number of hydrogen-bond donors (Lipinski definition) is 0. The Bertz CT molecular complexity index is 1160. The Morgan fingerprint density at radius 2 is 1.63 bits per heavy atom. The molecule has 0 unspecified atom stereocenters. The Labute approximate surface area is 173 Å². The first kappa shape index (κ1) is 20.2. The Morgan fingerprint density at radius 1 is 0.933 bits per heavy atom. The highest BCUT2D eigenvalue weighted by molar-refractivity contribution is 5.71. The normalized spacial score (nSPS) is 15.6. The van der Waals surface area contributed by atoms with Gasteiger partial charge >= 0.3 is 5.69 Å². The zero-order valence-corrected chi connectivity index (χ0v) is 17.4. The molecule has 1 saturated heterocycles. The first-order valence-corrected chi connectivity index (χ1v) is 9.88. The summed E-state index contributed by atoms with van der Waals surface area (Å²) >= 11 is 0. The van der Waals surface area contributed by atoms with Crippen LogP contribution < -0.4 is 16.0 Å². The van der Waals surface area contributed by atoms with Crippen LogP contribution in [0.4, 0.5) is 0 Å². The molecule has 0 atom stereocenters. The van der Waals surface area contributed by atoms with Gasteiger partial charge in [-0.1, -0.05) is 0 Å². The summed E-state index contributed by atoms with van der Waals surface area (Å²) in [5, 5.41) is 8.13. The fourth-order valence-corrected chi connectivity index (χ4v) is 3.44. The molecule has 3 heterocycles. The number of aryl methyl sites for hydroxylation is 1. The SMILES string of the molecule is CN1CCN(CCOc2ccc(-c3nnc4c(n3)c(=O)n(C)c(=O)n4C)cc2)CC1. The zero-order chi connectivity index (χ0) is 21.3. The molecule has 0 aliphatic carbocycles. The number of aromatic nitrogens is 5. The Kier molecular flexibility index (Phi) is 5.60. The number of likely N-dealkylation sites (N-methyl/N-ethyl adjacent to an activating group) is 1. The maximum absolute atomic E-state index is 12.4. The summed E-state index contributed by atoms with van der Waals surface area (Å²) in [4.78, 5) is 33.5. The van der Waals surface area contributed by atoms with Gasteiger partial charge in [0.1, 0.15) is 12.4 Å². The van der Waals surface area contributed by atoms with E-state index in [1.54, 1.807) is 0 Å². The molecule has 0 amide bonds. The Hall–Kier alpha value is -3.11. The van der Waals surface area contributed by atoms with Crippen LogP contribution in [-0.2, 0) is 14.1 Å². The summed E-state index contributed by atoms with van der Waals surface area (Å²) in [5.41, 5.74) is 0.0297. The molecule has 0 radical (unpaired) electrons. The molecular weight excluding hydrogens is 386 g/mol. The molecule has 0 bridgehead atoms. The highest BCUT2D eigenvalue weighted by atomic mass is 16.5. The van der Waals surface area contributed by atoms with Gasteiger partial charge in [0.15, 0.2) is 17.0 Å². The molecule has 10 heteroatoms. The van der Waals surface area contributed by atoms with E-state index in [4.69, 9.17) is 4.74 Å². The van der Waals surface area contributed by atoms with E-state index in [2.05, 4.69) is 32.0 Å².